The molecule has 106 valence electrons. The predicted octanol–water partition coefficient (Wildman–Crippen LogP) is 1.97. The van der Waals surface area contributed by atoms with Gasteiger partial charge in [0, 0.05) is 42.7 Å². The van der Waals surface area contributed by atoms with Gasteiger partial charge in [-0.3, -0.25) is 4.79 Å². The lowest BCUT2D eigenvalue weighted by molar-refractivity contribution is -0.120. The number of carbonyl (C=O) groups is 1. The number of carbonyl (C=O) groups excluding carboxylic acids is 1. The van der Waals surface area contributed by atoms with Crippen LogP contribution in [-0.4, -0.2) is 30.0 Å². The molecule has 0 bridgehead atoms. The number of aromatic nitrogens is 1. The minimum atomic E-state index is 0.137. The maximum Gasteiger partial charge on any atom is 0.221 e. The first kappa shape index (κ1) is 13.2. The van der Waals surface area contributed by atoms with Gasteiger partial charge >= 0.3 is 0 Å². The molecule has 1 fully saturated rings. The van der Waals surface area contributed by atoms with Crippen LogP contribution in [0.15, 0.2) is 30.5 Å². The van der Waals surface area contributed by atoms with Crippen molar-refractivity contribution in [3.05, 3.63) is 36.0 Å². The van der Waals surface area contributed by atoms with Crippen LogP contribution in [0.2, 0.25) is 0 Å². The number of fused-ring (bicyclic) bond motifs is 1. The molecule has 2 aromatic rings. The summed E-state index contributed by atoms with van der Waals surface area (Å²) in [6.07, 6.45) is 6.01. The second kappa shape index (κ2) is 6.09. The van der Waals surface area contributed by atoms with E-state index < -0.39 is 0 Å². The van der Waals surface area contributed by atoms with Gasteiger partial charge in [0.2, 0.25) is 5.91 Å². The summed E-state index contributed by atoms with van der Waals surface area (Å²) < 4.78 is 0. The van der Waals surface area contributed by atoms with E-state index in [1.807, 2.05) is 18.3 Å². The molecule has 0 spiro atoms. The van der Waals surface area contributed by atoms with Crippen molar-refractivity contribution < 1.29 is 4.79 Å². The van der Waals surface area contributed by atoms with Crippen molar-refractivity contribution >= 4 is 16.8 Å². The molecule has 1 aromatic heterocycles. The molecule has 20 heavy (non-hydrogen) atoms. The van der Waals surface area contributed by atoms with Crippen molar-refractivity contribution in [1.29, 1.82) is 0 Å². The number of amides is 1. The van der Waals surface area contributed by atoms with E-state index >= 15 is 0 Å². The van der Waals surface area contributed by atoms with E-state index in [0.717, 1.165) is 18.5 Å². The van der Waals surface area contributed by atoms with Crippen LogP contribution in [0.5, 0.6) is 0 Å². The number of rotatable bonds is 7. The number of hydrogen-bond donors (Lipinski definition) is 3. The van der Waals surface area contributed by atoms with Gasteiger partial charge in [-0.05, 0) is 30.9 Å². The Balaban J connectivity index is 1.41. The highest BCUT2D eigenvalue weighted by atomic mass is 16.1. The van der Waals surface area contributed by atoms with E-state index in [1.165, 1.54) is 23.8 Å². The van der Waals surface area contributed by atoms with E-state index in [-0.39, 0.29) is 5.91 Å². The quantitative estimate of drug-likeness (QED) is 0.721. The van der Waals surface area contributed by atoms with Gasteiger partial charge in [-0.2, -0.15) is 0 Å². The Hall–Kier alpha value is -1.81. The fourth-order valence-electron chi connectivity index (χ4n) is 2.44. The van der Waals surface area contributed by atoms with E-state index in [1.54, 1.807) is 0 Å². The molecule has 4 heteroatoms. The molecule has 0 atom stereocenters. The summed E-state index contributed by atoms with van der Waals surface area (Å²) in [7, 11) is 0. The van der Waals surface area contributed by atoms with Crippen molar-refractivity contribution in [3.63, 3.8) is 0 Å². The van der Waals surface area contributed by atoms with E-state index in [4.69, 9.17) is 0 Å². The number of hydrogen-bond acceptors (Lipinski definition) is 2. The summed E-state index contributed by atoms with van der Waals surface area (Å²) in [6, 6.07) is 8.93. The first-order valence-electron chi connectivity index (χ1n) is 7.38. The van der Waals surface area contributed by atoms with Crippen LogP contribution in [-0.2, 0) is 11.2 Å². The smallest absolute Gasteiger partial charge is 0.221 e. The Bertz CT molecular complexity index is 586. The SMILES string of the molecule is O=C(CCNC1CC1)NCCc1c[nH]c2ccccc12. The fraction of sp³-hybridized carbons (Fsp3) is 0.438. The van der Waals surface area contributed by atoms with Gasteiger partial charge < -0.3 is 15.6 Å². The number of nitrogens with one attached hydrogen (secondary N) is 3. The predicted molar refractivity (Wildman–Crippen MR) is 80.7 cm³/mol. The molecule has 3 N–H and O–H groups in total. The molecule has 0 aliphatic heterocycles. The lowest BCUT2D eigenvalue weighted by atomic mass is 10.1. The highest BCUT2D eigenvalue weighted by Crippen LogP contribution is 2.18. The van der Waals surface area contributed by atoms with Gasteiger partial charge in [0.15, 0.2) is 0 Å². The van der Waals surface area contributed by atoms with E-state index in [0.29, 0.717) is 19.0 Å². The van der Waals surface area contributed by atoms with Crippen molar-refractivity contribution in [1.82, 2.24) is 15.6 Å². The lowest BCUT2D eigenvalue weighted by Crippen LogP contribution is -2.29. The molecule has 1 saturated carbocycles. The standard InChI is InChI=1S/C16H21N3O/c20-16(8-10-17-13-5-6-13)18-9-7-12-11-19-15-4-2-1-3-14(12)15/h1-4,11,13,17,19H,5-10H2,(H,18,20). The van der Waals surface area contributed by atoms with Gasteiger partial charge in [0.05, 0.1) is 0 Å². The first-order chi connectivity index (χ1) is 9.83. The average molecular weight is 271 g/mol. The van der Waals surface area contributed by atoms with Gasteiger partial charge in [0.25, 0.3) is 0 Å². The maximum atomic E-state index is 11.7. The lowest BCUT2D eigenvalue weighted by Gasteiger charge is -2.05. The van der Waals surface area contributed by atoms with Crippen LogP contribution < -0.4 is 10.6 Å². The van der Waals surface area contributed by atoms with E-state index in [9.17, 15) is 4.79 Å². The first-order valence-corrected chi connectivity index (χ1v) is 7.38. The zero-order valence-corrected chi connectivity index (χ0v) is 11.6. The Labute approximate surface area is 118 Å². The van der Waals surface area contributed by atoms with Crippen molar-refractivity contribution in [2.75, 3.05) is 13.1 Å². The monoisotopic (exact) mass is 271 g/mol. The molecule has 4 nitrogen and oxygen atoms in total. The largest absolute Gasteiger partial charge is 0.361 e. The van der Waals surface area contributed by atoms with Crippen LogP contribution in [0.3, 0.4) is 0 Å². The summed E-state index contributed by atoms with van der Waals surface area (Å²) in [6.45, 7) is 1.49. The highest BCUT2D eigenvalue weighted by Gasteiger charge is 2.19. The summed E-state index contributed by atoms with van der Waals surface area (Å²) >= 11 is 0. The molecule has 0 radical (unpaired) electrons. The number of H-pyrrole nitrogens is 1. The Morgan fingerprint density at radius 3 is 2.95 bits per heavy atom. The molecule has 1 aliphatic carbocycles. The molecule has 3 rings (SSSR count). The summed E-state index contributed by atoms with van der Waals surface area (Å²) in [4.78, 5) is 14.9. The topological polar surface area (TPSA) is 56.9 Å². The molecule has 1 aromatic carbocycles. The van der Waals surface area contributed by atoms with Crippen LogP contribution in [0, 0.1) is 0 Å². The molecular weight excluding hydrogens is 250 g/mol. The zero-order valence-electron chi connectivity index (χ0n) is 11.6. The van der Waals surface area contributed by atoms with Crippen molar-refractivity contribution in [3.8, 4) is 0 Å². The summed E-state index contributed by atoms with van der Waals surface area (Å²) in [5.74, 6) is 0.137. The summed E-state index contributed by atoms with van der Waals surface area (Å²) in [5, 5.41) is 7.58. The van der Waals surface area contributed by atoms with Gasteiger partial charge in [-0.25, -0.2) is 0 Å². The maximum absolute atomic E-state index is 11.7. The van der Waals surface area contributed by atoms with Gasteiger partial charge in [0.1, 0.15) is 0 Å². The number of para-hydroxylation sites is 1. The fourth-order valence-corrected chi connectivity index (χ4v) is 2.44. The molecule has 1 aliphatic rings. The molecule has 0 unspecified atom stereocenters. The third-order valence-corrected chi connectivity index (χ3v) is 3.75. The van der Waals surface area contributed by atoms with Crippen LogP contribution >= 0.6 is 0 Å². The van der Waals surface area contributed by atoms with E-state index in [2.05, 4.69) is 27.8 Å². The van der Waals surface area contributed by atoms with Crippen molar-refractivity contribution in [2.45, 2.75) is 31.7 Å². The minimum absolute atomic E-state index is 0.137. The molecule has 1 amide bonds. The Morgan fingerprint density at radius 1 is 1.25 bits per heavy atom. The average Bonchev–Trinajstić information content (AvgIpc) is 3.19. The van der Waals surface area contributed by atoms with Crippen LogP contribution in [0.1, 0.15) is 24.8 Å². The second-order valence-corrected chi connectivity index (χ2v) is 5.44. The normalized spacial score (nSPS) is 14.6. The molecule has 1 heterocycles. The number of aromatic amines is 1. The Morgan fingerprint density at radius 2 is 2.10 bits per heavy atom. The van der Waals surface area contributed by atoms with Gasteiger partial charge in [-0.1, -0.05) is 18.2 Å². The number of benzene rings is 1. The minimum Gasteiger partial charge on any atom is -0.361 e. The van der Waals surface area contributed by atoms with Crippen LogP contribution in [0.25, 0.3) is 10.9 Å². The molecular formula is C16H21N3O. The van der Waals surface area contributed by atoms with Crippen molar-refractivity contribution in [2.24, 2.45) is 0 Å². The third kappa shape index (κ3) is 3.39. The van der Waals surface area contributed by atoms with Crippen LogP contribution in [0.4, 0.5) is 0 Å². The summed E-state index contributed by atoms with van der Waals surface area (Å²) in [5.41, 5.74) is 2.42. The molecule has 0 saturated heterocycles. The third-order valence-electron chi connectivity index (χ3n) is 3.75. The highest BCUT2D eigenvalue weighted by molar-refractivity contribution is 5.83. The Kier molecular flexibility index (Phi) is 4.02. The van der Waals surface area contributed by atoms with Gasteiger partial charge in [-0.15, -0.1) is 0 Å². The zero-order chi connectivity index (χ0) is 13.8. The second-order valence-electron chi connectivity index (χ2n) is 5.44.